The van der Waals surface area contributed by atoms with E-state index < -0.39 is 11.7 Å². The predicted molar refractivity (Wildman–Crippen MR) is 94.1 cm³/mol. The molecular formula is C15H24IN3O4. The van der Waals surface area contributed by atoms with E-state index in [2.05, 4.69) is 27.9 Å². The summed E-state index contributed by atoms with van der Waals surface area (Å²) in [6.07, 6.45) is 2.37. The second kappa shape index (κ2) is 7.25. The average Bonchev–Trinajstić information content (AvgIpc) is 2.72. The van der Waals surface area contributed by atoms with Crippen molar-refractivity contribution in [2.75, 3.05) is 19.7 Å². The number of hydrogen-bond acceptors (Lipinski definition) is 4. The zero-order valence-electron chi connectivity index (χ0n) is 14.0. The Kier molecular flexibility index (Phi) is 5.77. The van der Waals surface area contributed by atoms with Crippen LogP contribution in [-0.2, 0) is 9.57 Å². The van der Waals surface area contributed by atoms with Gasteiger partial charge in [0.15, 0.2) is 0 Å². The SMILES string of the molecule is CCCON1C(=O)N2CC1C(I)=C[C@H]2CNC(=O)OC(C)(C)C. The number of amides is 3. The molecule has 2 aliphatic rings. The van der Waals surface area contributed by atoms with Crippen LogP contribution in [0.3, 0.4) is 0 Å². The summed E-state index contributed by atoms with van der Waals surface area (Å²) in [6, 6.07) is -0.386. The summed E-state index contributed by atoms with van der Waals surface area (Å²) in [7, 11) is 0. The van der Waals surface area contributed by atoms with Crippen LogP contribution in [0.1, 0.15) is 34.1 Å². The Labute approximate surface area is 150 Å². The van der Waals surface area contributed by atoms with E-state index in [1.54, 1.807) is 4.90 Å². The highest BCUT2D eigenvalue weighted by atomic mass is 127. The molecular weight excluding hydrogens is 413 g/mol. The van der Waals surface area contributed by atoms with Crippen LogP contribution in [0, 0.1) is 0 Å². The van der Waals surface area contributed by atoms with Gasteiger partial charge < -0.3 is 15.0 Å². The van der Waals surface area contributed by atoms with Gasteiger partial charge in [-0.25, -0.2) is 9.59 Å². The Balaban J connectivity index is 1.96. The van der Waals surface area contributed by atoms with Crippen molar-refractivity contribution in [1.82, 2.24) is 15.3 Å². The van der Waals surface area contributed by atoms with E-state index in [0.29, 0.717) is 19.7 Å². The Morgan fingerprint density at radius 1 is 1.48 bits per heavy atom. The lowest BCUT2D eigenvalue weighted by Gasteiger charge is -2.28. The highest BCUT2D eigenvalue weighted by Crippen LogP contribution is 2.33. The molecule has 1 saturated heterocycles. The van der Waals surface area contributed by atoms with E-state index in [0.717, 1.165) is 10.0 Å². The maximum Gasteiger partial charge on any atom is 0.407 e. The van der Waals surface area contributed by atoms with Crippen LogP contribution in [0.15, 0.2) is 9.66 Å². The number of nitrogens with zero attached hydrogens (tertiary/aromatic N) is 2. The molecule has 23 heavy (non-hydrogen) atoms. The number of nitrogens with one attached hydrogen (secondary N) is 1. The fraction of sp³-hybridized carbons (Fsp3) is 0.733. The number of carbonyl (C=O) groups excluding carboxylic acids is 2. The number of hydrogen-bond donors (Lipinski definition) is 1. The molecule has 2 atom stereocenters. The maximum atomic E-state index is 12.5. The highest BCUT2D eigenvalue weighted by molar-refractivity contribution is 14.1. The second-order valence-corrected chi connectivity index (χ2v) is 7.86. The predicted octanol–water partition coefficient (Wildman–Crippen LogP) is 2.66. The van der Waals surface area contributed by atoms with Crippen molar-refractivity contribution in [3.8, 4) is 0 Å². The fourth-order valence-corrected chi connectivity index (χ4v) is 3.33. The van der Waals surface area contributed by atoms with Crippen LogP contribution in [0.4, 0.5) is 9.59 Å². The van der Waals surface area contributed by atoms with Gasteiger partial charge in [-0.1, -0.05) is 6.92 Å². The van der Waals surface area contributed by atoms with Crippen LogP contribution < -0.4 is 5.32 Å². The number of urea groups is 1. The Morgan fingerprint density at radius 3 is 2.78 bits per heavy atom. The minimum atomic E-state index is -0.541. The third kappa shape index (κ3) is 4.50. The summed E-state index contributed by atoms with van der Waals surface area (Å²) >= 11 is 2.23. The lowest BCUT2D eigenvalue weighted by atomic mass is 10.1. The fourth-order valence-electron chi connectivity index (χ4n) is 2.47. The van der Waals surface area contributed by atoms with Crippen molar-refractivity contribution >= 4 is 34.7 Å². The van der Waals surface area contributed by atoms with Gasteiger partial charge in [-0.2, -0.15) is 5.06 Å². The number of fused-ring (bicyclic) bond motifs is 2. The number of alkyl carbamates (subject to hydrolysis) is 1. The van der Waals surface area contributed by atoms with Crippen molar-refractivity contribution in [2.45, 2.75) is 51.8 Å². The smallest absolute Gasteiger partial charge is 0.407 e. The van der Waals surface area contributed by atoms with Crippen LogP contribution in [0.25, 0.3) is 0 Å². The molecule has 7 nitrogen and oxygen atoms in total. The number of carbonyl (C=O) groups is 2. The molecule has 0 spiro atoms. The second-order valence-electron chi connectivity index (χ2n) is 6.61. The summed E-state index contributed by atoms with van der Waals surface area (Å²) in [5, 5.41) is 4.18. The highest BCUT2D eigenvalue weighted by Gasteiger charge is 2.46. The maximum absolute atomic E-state index is 12.5. The molecule has 1 unspecified atom stereocenters. The van der Waals surface area contributed by atoms with Crippen LogP contribution in [0.2, 0.25) is 0 Å². The summed E-state index contributed by atoms with van der Waals surface area (Å²) in [5.74, 6) is 0. The third-order valence-corrected chi connectivity index (χ3v) is 4.52. The summed E-state index contributed by atoms with van der Waals surface area (Å²) in [6.45, 7) is 8.86. The minimum absolute atomic E-state index is 0.0487. The van der Waals surface area contributed by atoms with Gasteiger partial charge in [-0.15, -0.1) is 0 Å². The van der Waals surface area contributed by atoms with Gasteiger partial charge in [0.05, 0.1) is 19.2 Å². The monoisotopic (exact) mass is 437 g/mol. The standard InChI is InChI=1S/C15H24IN3O4/c1-5-6-22-19-12-9-18(14(19)21)10(7-11(12)16)8-17-13(20)23-15(2,3)4/h7,10,12H,5-6,8-9H2,1-4H3,(H,17,20)/t10-,12?/m0/s1. The van der Waals surface area contributed by atoms with Crippen molar-refractivity contribution in [1.29, 1.82) is 0 Å². The summed E-state index contributed by atoms with van der Waals surface area (Å²) in [4.78, 5) is 31.5. The first-order valence-electron chi connectivity index (χ1n) is 7.79. The largest absolute Gasteiger partial charge is 0.444 e. The zero-order valence-corrected chi connectivity index (χ0v) is 16.1. The quantitative estimate of drug-likeness (QED) is 0.672. The molecule has 0 saturated carbocycles. The first kappa shape index (κ1) is 18.3. The molecule has 0 aliphatic carbocycles. The van der Waals surface area contributed by atoms with E-state index >= 15 is 0 Å². The first-order valence-corrected chi connectivity index (χ1v) is 8.87. The van der Waals surface area contributed by atoms with Gasteiger partial charge in [0, 0.05) is 10.1 Å². The third-order valence-electron chi connectivity index (χ3n) is 3.45. The molecule has 2 heterocycles. The number of hydroxylamine groups is 2. The van der Waals surface area contributed by atoms with Crippen molar-refractivity contribution in [3.05, 3.63) is 9.66 Å². The molecule has 2 aliphatic heterocycles. The minimum Gasteiger partial charge on any atom is -0.444 e. The summed E-state index contributed by atoms with van der Waals surface area (Å²) in [5.41, 5.74) is -0.541. The lowest BCUT2D eigenvalue weighted by molar-refractivity contribution is -0.120. The van der Waals surface area contributed by atoms with E-state index in [1.165, 1.54) is 5.06 Å². The first-order chi connectivity index (χ1) is 10.7. The Bertz CT molecular complexity index is 503. The molecule has 0 aromatic rings. The molecule has 0 aromatic carbocycles. The topological polar surface area (TPSA) is 71.1 Å². The molecule has 0 aromatic heterocycles. The van der Waals surface area contributed by atoms with Crippen LogP contribution in [0.5, 0.6) is 0 Å². The molecule has 1 N–H and O–H groups in total. The molecule has 8 heteroatoms. The molecule has 130 valence electrons. The number of ether oxygens (including phenoxy) is 1. The van der Waals surface area contributed by atoms with Crippen LogP contribution in [-0.4, -0.2) is 59.5 Å². The Hall–Kier alpha value is -1.03. The van der Waals surface area contributed by atoms with Crippen molar-refractivity contribution < 1.29 is 19.2 Å². The van der Waals surface area contributed by atoms with E-state index in [9.17, 15) is 9.59 Å². The zero-order chi connectivity index (χ0) is 17.2. The van der Waals surface area contributed by atoms with E-state index in [-0.39, 0.29) is 18.1 Å². The van der Waals surface area contributed by atoms with Gasteiger partial charge in [0.1, 0.15) is 11.6 Å². The van der Waals surface area contributed by atoms with Gasteiger partial charge in [0.2, 0.25) is 0 Å². The molecule has 3 amide bonds. The number of halogens is 1. The van der Waals surface area contributed by atoms with Gasteiger partial charge >= 0.3 is 12.1 Å². The van der Waals surface area contributed by atoms with Gasteiger partial charge in [0.25, 0.3) is 0 Å². The molecule has 2 rings (SSSR count). The van der Waals surface area contributed by atoms with Crippen LogP contribution >= 0.6 is 22.6 Å². The average molecular weight is 437 g/mol. The van der Waals surface area contributed by atoms with E-state index in [4.69, 9.17) is 9.57 Å². The number of rotatable bonds is 5. The van der Waals surface area contributed by atoms with Crippen molar-refractivity contribution in [3.63, 3.8) is 0 Å². The normalized spacial score (nSPS) is 23.9. The summed E-state index contributed by atoms with van der Waals surface area (Å²) < 4.78 is 6.28. The Morgan fingerprint density at radius 2 is 2.17 bits per heavy atom. The van der Waals surface area contributed by atoms with Gasteiger partial charge in [-0.05, 0) is 55.9 Å². The van der Waals surface area contributed by atoms with Gasteiger partial charge in [-0.3, -0.25) is 4.84 Å². The van der Waals surface area contributed by atoms with Crippen molar-refractivity contribution in [2.24, 2.45) is 0 Å². The lowest BCUT2D eigenvalue weighted by Crippen LogP contribution is -2.46. The van der Waals surface area contributed by atoms with E-state index in [1.807, 2.05) is 33.8 Å². The molecule has 2 bridgehead atoms. The molecule has 1 fully saturated rings. The molecule has 0 radical (unpaired) electrons.